The predicted molar refractivity (Wildman–Crippen MR) is 81.2 cm³/mol. The van der Waals surface area contributed by atoms with E-state index in [1.54, 1.807) is 0 Å². The lowest BCUT2D eigenvalue weighted by molar-refractivity contribution is -0.00892. The van der Waals surface area contributed by atoms with Crippen molar-refractivity contribution in [2.24, 2.45) is 0 Å². The maximum absolute atomic E-state index is 6.34. The number of benzene rings is 1. The molecule has 0 radical (unpaired) electrons. The van der Waals surface area contributed by atoms with E-state index in [1.807, 2.05) is 0 Å². The van der Waals surface area contributed by atoms with Crippen LogP contribution in [-0.4, -0.2) is 18.7 Å². The summed E-state index contributed by atoms with van der Waals surface area (Å²) in [7, 11) is 0. The highest BCUT2D eigenvalue weighted by atomic mass is 79.9. The maximum Gasteiger partial charge on any atom is 0.0953 e. The third kappa shape index (κ3) is 4.04. The van der Waals surface area contributed by atoms with Gasteiger partial charge in [0.05, 0.1) is 12.2 Å². The minimum Gasteiger partial charge on any atom is -0.369 e. The van der Waals surface area contributed by atoms with Crippen LogP contribution in [0.3, 0.4) is 0 Å². The fraction of sp³-hybridized carbons (Fsp3) is 0.625. The number of rotatable bonds is 6. The van der Waals surface area contributed by atoms with Gasteiger partial charge in [-0.15, -0.1) is 0 Å². The number of halogens is 1. The van der Waals surface area contributed by atoms with Crippen molar-refractivity contribution in [1.29, 1.82) is 0 Å². The molecule has 19 heavy (non-hydrogen) atoms. The molecule has 0 spiro atoms. The molecular formula is C16H22BrNO. The molecule has 0 amide bonds. The van der Waals surface area contributed by atoms with Crippen LogP contribution in [0.2, 0.25) is 0 Å². The molecular weight excluding hydrogens is 302 g/mol. The minimum absolute atomic E-state index is 0.205. The van der Waals surface area contributed by atoms with Gasteiger partial charge in [0.25, 0.3) is 0 Å². The molecule has 104 valence electrons. The first-order valence-corrected chi connectivity index (χ1v) is 8.25. The van der Waals surface area contributed by atoms with Gasteiger partial charge in [0.1, 0.15) is 0 Å². The van der Waals surface area contributed by atoms with Crippen LogP contribution in [0.4, 0.5) is 0 Å². The van der Waals surface area contributed by atoms with Crippen molar-refractivity contribution in [3.63, 3.8) is 0 Å². The van der Waals surface area contributed by atoms with E-state index in [1.165, 1.54) is 44.1 Å². The average Bonchev–Trinajstić information content (AvgIpc) is 3.11. The Morgan fingerprint density at radius 2 is 1.79 bits per heavy atom. The molecule has 2 aliphatic carbocycles. The quantitative estimate of drug-likeness (QED) is 0.847. The summed E-state index contributed by atoms with van der Waals surface area (Å²) in [4.78, 5) is 0. The van der Waals surface area contributed by atoms with Crippen LogP contribution in [0, 0.1) is 0 Å². The summed E-state index contributed by atoms with van der Waals surface area (Å²) in [6.45, 7) is 0.947. The average molecular weight is 324 g/mol. The molecule has 0 aliphatic heterocycles. The van der Waals surface area contributed by atoms with E-state index in [0.717, 1.165) is 17.1 Å². The highest BCUT2D eigenvalue weighted by Crippen LogP contribution is 2.29. The molecule has 0 bridgehead atoms. The Bertz CT molecular complexity index is 396. The van der Waals surface area contributed by atoms with Gasteiger partial charge in [0, 0.05) is 17.1 Å². The van der Waals surface area contributed by atoms with Crippen molar-refractivity contribution >= 4 is 15.9 Å². The number of ether oxygens (including phenoxy) is 1. The summed E-state index contributed by atoms with van der Waals surface area (Å²) < 4.78 is 7.47. The van der Waals surface area contributed by atoms with Crippen molar-refractivity contribution in [3.8, 4) is 0 Å². The standard InChI is InChI=1S/C16H22BrNO/c17-13-7-5-12(6-8-13)16(11-18-14-9-10-14)19-15-3-1-2-4-15/h5-8,14-16,18H,1-4,9-11H2. The zero-order valence-electron chi connectivity index (χ0n) is 11.3. The topological polar surface area (TPSA) is 21.3 Å². The zero-order chi connectivity index (χ0) is 13.1. The van der Waals surface area contributed by atoms with E-state index in [2.05, 4.69) is 45.5 Å². The lowest BCUT2D eigenvalue weighted by Gasteiger charge is -2.23. The maximum atomic E-state index is 6.34. The molecule has 2 fully saturated rings. The van der Waals surface area contributed by atoms with Gasteiger partial charge >= 0.3 is 0 Å². The van der Waals surface area contributed by atoms with Gasteiger partial charge in [-0.25, -0.2) is 0 Å². The van der Waals surface area contributed by atoms with Gasteiger partial charge in [-0.05, 0) is 43.4 Å². The first-order valence-electron chi connectivity index (χ1n) is 7.45. The van der Waals surface area contributed by atoms with Gasteiger partial charge < -0.3 is 10.1 Å². The van der Waals surface area contributed by atoms with Gasteiger partial charge in [0.15, 0.2) is 0 Å². The normalized spacial score (nSPS) is 21.7. The monoisotopic (exact) mass is 323 g/mol. The third-order valence-electron chi connectivity index (χ3n) is 4.07. The van der Waals surface area contributed by atoms with Gasteiger partial charge in [-0.2, -0.15) is 0 Å². The molecule has 2 aliphatic rings. The summed E-state index contributed by atoms with van der Waals surface area (Å²) in [5, 5.41) is 3.61. The Morgan fingerprint density at radius 3 is 2.42 bits per heavy atom. The van der Waals surface area contributed by atoms with Gasteiger partial charge in [-0.3, -0.25) is 0 Å². The number of hydrogen-bond acceptors (Lipinski definition) is 2. The van der Waals surface area contributed by atoms with Crippen LogP contribution in [0.5, 0.6) is 0 Å². The number of nitrogens with one attached hydrogen (secondary N) is 1. The van der Waals surface area contributed by atoms with Crippen molar-refractivity contribution in [2.45, 2.75) is 56.8 Å². The van der Waals surface area contributed by atoms with Crippen molar-refractivity contribution in [1.82, 2.24) is 5.32 Å². The Kier molecular flexibility index (Phi) is 4.57. The van der Waals surface area contributed by atoms with E-state index in [4.69, 9.17) is 4.74 Å². The third-order valence-corrected chi connectivity index (χ3v) is 4.60. The fourth-order valence-corrected chi connectivity index (χ4v) is 3.00. The van der Waals surface area contributed by atoms with Crippen LogP contribution in [0.25, 0.3) is 0 Å². The first kappa shape index (κ1) is 13.6. The summed E-state index contributed by atoms with van der Waals surface area (Å²) in [5.41, 5.74) is 1.29. The largest absolute Gasteiger partial charge is 0.369 e. The van der Waals surface area contributed by atoms with E-state index < -0.39 is 0 Å². The smallest absolute Gasteiger partial charge is 0.0953 e. The molecule has 0 heterocycles. The van der Waals surface area contributed by atoms with Gasteiger partial charge in [0.2, 0.25) is 0 Å². The Hall–Kier alpha value is -0.380. The molecule has 0 aromatic heterocycles. The molecule has 1 aromatic carbocycles. The summed E-state index contributed by atoms with van der Waals surface area (Å²) in [6.07, 6.45) is 8.45. The molecule has 1 N–H and O–H groups in total. The molecule has 0 saturated heterocycles. The van der Waals surface area contributed by atoms with Crippen molar-refractivity contribution < 1.29 is 4.74 Å². The second kappa shape index (κ2) is 6.38. The summed E-state index contributed by atoms with van der Waals surface area (Å²) >= 11 is 3.50. The fourth-order valence-electron chi connectivity index (χ4n) is 2.74. The second-order valence-electron chi connectivity index (χ2n) is 5.77. The molecule has 1 aromatic rings. The molecule has 2 saturated carbocycles. The lowest BCUT2D eigenvalue weighted by Crippen LogP contribution is -2.27. The van der Waals surface area contributed by atoms with Crippen LogP contribution in [0.1, 0.15) is 50.2 Å². The highest BCUT2D eigenvalue weighted by Gasteiger charge is 2.25. The van der Waals surface area contributed by atoms with Crippen LogP contribution in [0.15, 0.2) is 28.7 Å². The summed E-state index contributed by atoms with van der Waals surface area (Å²) in [5.74, 6) is 0. The van der Waals surface area contributed by atoms with E-state index in [0.29, 0.717) is 6.10 Å². The number of hydrogen-bond donors (Lipinski definition) is 1. The zero-order valence-corrected chi connectivity index (χ0v) is 12.9. The highest BCUT2D eigenvalue weighted by molar-refractivity contribution is 9.10. The van der Waals surface area contributed by atoms with Crippen molar-refractivity contribution in [2.75, 3.05) is 6.54 Å². The van der Waals surface area contributed by atoms with Crippen LogP contribution < -0.4 is 5.32 Å². The van der Waals surface area contributed by atoms with E-state index in [9.17, 15) is 0 Å². The van der Waals surface area contributed by atoms with Crippen LogP contribution >= 0.6 is 15.9 Å². The molecule has 1 atom stereocenters. The Labute approximate surface area is 124 Å². The molecule has 2 nitrogen and oxygen atoms in total. The van der Waals surface area contributed by atoms with Crippen molar-refractivity contribution in [3.05, 3.63) is 34.3 Å². The van der Waals surface area contributed by atoms with Crippen LogP contribution in [-0.2, 0) is 4.74 Å². The van der Waals surface area contributed by atoms with E-state index in [-0.39, 0.29) is 6.10 Å². The lowest BCUT2D eigenvalue weighted by atomic mass is 10.1. The Morgan fingerprint density at radius 1 is 1.11 bits per heavy atom. The first-order chi connectivity index (χ1) is 9.31. The molecule has 1 unspecified atom stereocenters. The summed E-state index contributed by atoms with van der Waals surface area (Å²) in [6, 6.07) is 9.32. The Balaban J connectivity index is 1.64. The SMILES string of the molecule is Brc1ccc(C(CNC2CC2)OC2CCCC2)cc1. The molecule has 3 rings (SSSR count). The minimum atomic E-state index is 0.205. The van der Waals surface area contributed by atoms with E-state index >= 15 is 0 Å². The predicted octanol–water partition coefficient (Wildman–Crippen LogP) is 4.20. The molecule has 3 heteroatoms. The second-order valence-corrected chi connectivity index (χ2v) is 6.68. The van der Waals surface area contributed by atoms with Gasteiger partial charge in [-0.1, -0.05) is 40.9 Å².